The van der Waals surface area contributed by atoms with Gasteiger partial charge in [-0.25, -0.2) is 0 Å². The molecule has 0 unspecified atom stereocenters. The molecule has 0 fully saturated rings. The van der Waals surface area contributed by atoms with Crippen molar-refractivity contribution in [3.8, 4) is 23.8 Å². The fourth-order valence-electron chi connectivity index (χ4n) is 3.76. The van der Waals surface area contributed by atoms with E-state index in [0.717, 1.165) is 32.8 Å². The predicted octanol–water partition coefficient (Wildman–Crippen LogP) is 11.6. The largest absolute Gasteiger partial charge is 0.414 e. The first-order valence-electron chi connectivity index (χ1n) is 16.9. The van der Waals surface area contributed by atoms with E-state index in [0.29, 0.717) is 17.2 Å². The second kappa shape index (κ2) is 23.1. The fourth-order valence-corrected chi connectivity index (χ4v) is 7.26. The van der Waals surface area contributed by atoms with Gasteiger partial charge in [-0.05, 0) is 61.9 Å². The van der Waals surface area contributed by atoms with Gasteiger partial charge in [-0.2, -0.15) is 0 Å². The highest BCUT2D eigenvalue weighted by atomic mass is 28.4. The van der Waals surface area contributed by atoms with Gasteiger partial charge in [0, 0.05) is 32.2 Å². The quantitative estimate of drug-likeness (QED) is 0.104. The van der Waals surface area contributed by atoms with E-state index in [2.05, 4.69) is 119 Å². The highest BCUT2D eigenvalue weighted by Gasteiger charge is 2.39. The van der Waals surface area contributed by atoms with Crippen LogP contribution in [0, 0.1) is 23.8 Å². The van der Waals surface area contributed by atoms with Crippen molar-refractivity contribution in [2.24, 2.45) is 0 Å². The van der Waals surface area contributed by atoms with Crippen molar-refractivity contribution in [2.45, 2.75) is 201 Å². The van der Waals surface area contributed by atoms with Crippen molar-refractivity contribution >= 4 is 24.7 Å². The second-order valence-electron chi connectivity index (χ2n) is 15.8. The molecule has 250 valence electrons. The molecule has 0 saturated carbocycles. The standard InChI is InChI=1S/C19H40OSi2.C16H32OSi.CH4O/c1-10-11-12-15-18(16-13-14-17-21(5,6)7)20-22(8,9)19(2,3)4;1-8-10-12-14-15(13-11-9-2)17-18(6,7)16(3,4)5;1-2/h18H,10-13,15-16H2,1-9H3;2,15H,8,10-14H2,1,3-7H3;2H,1H3/t18-;15-;/m01./s1. The summed E-state index contributed by atoms with van der Waals surface area (Å²) in [4.78, 5) is 0. The van der Waals surface area contributed by atoms with Gasteiger partial charge in [0.15, 0.2) is 16.6 Å². The third-order valence-electron chi connectivity index (χ3n) is 8.46. The lowest BCUT2D eigenvalue weighted by atomic mass is 10.1. The van der Waals surface area contributed by atoms with Gasteiger partial charge in [0.05, 0.1) is 0 Å². The predicted molar refractivity (Wildman–Crippen MR) is 199 cm³/mol. The average Bonchev–Trinajstić information content (AvgIpc) is 2.84. The van der Waals surface area contributed by atoms with Crippen LogP contribution in [0.1, 0.15) is 132 Å². The zero-order valence-electron chi connectivity index (χ0n) is 31.5. The molecule has 0 aliphatic heterocycles. The molecule has 0 saturated heterocycles. The summed E-state index contributed by atoms with van der Waals surface area (Å²) < 4.78 is 13.2. The van der Waals surface area contributed by atoms with Gasteiger partial charge in [-0.3, -0.25) is 0 Å². The molecular weight excluding hydrogens is 565 g/mol. The highest BCUT2D eigenvalue weighted by molar-refractivity contribution is 6.83. The van der Waals surface area contributed by atoms with E-state index in [-0.39, 0.29) is 5.04 Å². The van der Waals surface area contributed by atoms with Crippen molar-refractivity contribution in [3.05, 3.63) is 0 Å². The van der Waals surface area contributed by atoms with E-state index in [1.807, 2.05) is 0 Å². The van der Waals surface area contributed by atoms with Crippen molar-refractivity contribution < 1.29 is 14.0 Å². The Balaban J connectivity index is -0.000000695. The third kappa shape index (κ3) is 24.0. The van der Waals surface area contributed by atoms with Gasteiger partial charge in [-0.1, -0.05) is 114 Å². The number of aliphatic hydroxyl groups is 1. The molecule has 0 bridgehead atoms. The first-order chi connectivity index (χ1) is 19.1. The summed E-state index contributed by atoms with van der Waals surface area (Å²) in [6, 6.07) is 0. The molecule has 0 radical (unpaired) electrons. The molecule has 0 aromatic carbocycles. The summed E-state index contributed by atoms with van der Waals surface area (Å²) in [5, 5.41) is 7.58. The molecule has 0 heterocycles. The van der Waals surface area contributed by atoms with Crippen molar-refractivity contribution in [1.29, 1.82) is 0 Å². The number of hydrogen-bond acceptors (Lipinski definition) is 3. The van der Waals surface area contributed by atoms with Crippen LogP contribution >= 0.6 is 0 Å². The SMILES string of the molecule is C#CCC[C@H](CCCCC)O[Si](C)(C)C(C)(C)C.CCCCC[C@@H](CCC#C[Si](C)(C)C)O[Si](C)(C)C(C)(C)C.CO. The minimum Gasteiger partial charge on any atom is -0.414 e. The molecule has 0 aliphatic carbocycles. The topological polar surface area (TPSA) is 38.7 Å². The first-order valence-corrected chi connectivity index (χ1v) is 26.2. The van der Waals surface area contributed by atoms with Crippen molar-refractivity contribution in [1.82, 2.24) is 0 Å². The van der Waals surface area contributed by atoms with E-state index >= 15 is 0 Å². The van der Waals surface area contributed by atoms with Crippen LogP contribution in [-0.2, 0) is 8.85 Å². The van der Waals surface area contributed by atoms with Crippen LogP contribution in [-0.4, -0.2) is 49.1 Å². The van der Waals surface area contributed by atoms with Gasteiger partial charge < -0.3 is 14.0 Å². The fraction of sp³-hybridized carbons (Fsp3) is 0.889. The monoisotopic (exact) mass is 641 g/mol. The van der Waals surface area contributed by atoms with Crippen LogP contribution < -0.4 is 0 Å². The van der Waals surface area contributed by atoms with E-state index in [1.54, 1.807) is 0 Å². The summed E-state index contributed by atoms with van der Waals surface area (Å²) in [6.45, 7) is 34.7. The Hall–Kier alpha value is -0.349. The molecule has 0 rings (SSSR count). The van der Waals surface area contributed by atoms with Crippen LogP contribution in [0.3, 0.4) is 0 Å². The molecule has 0 amide bonds. The summed E-state index contributed by atoms with van der Waals surface area (Å²) in [6.07, 6.45) is 20.2. The van der Waals surface area contributed by atoms with Gasteiger partial charge in [0.2, 0.25) is 0 Å². The van der Waals surface area contributed by atoms with Crippen molar-refractivity contribution in [3.63, 3.8) is 0 Å². The minimum atomic E-state index is -1.66. The highest BCUT2D eigenvalue weighted by Crippen LogP contribution is 2.39. The Morgan fingerprint density at radius 2 is 0.976 bits per heavy atom. The van der Waals surface area contributed by atoms with E-state index in [1.165, 1.54) is 51.4 Å². The Bertz CT molecular complexity index is 753. The van der Waals surface area contributed by atoms with E-state index in [4.69, 9.17) is 20.4 Å². The average molecular weight is 641 g/mol. The lowest BCUT2D eigenvalue weighted by molar-refractivity contribution is 0.159. The zero-order chi connectivity index (χ0) is 33.7. The summed E-state index contributed by atoms with van der Waals surface area (Å²) in [5.41, 5.74) is 3.48. The van der Waals surface area contributed by atoms with Crippen LogP contribution in [0.2, 0.25) is 55.9 Å². The summed E-state index contributed by atoms with van der Waals surface area (Å²) >= 11 is 0. The van der Waals surface area contributed by atoms with Crippen LogP contribution in [0.5, 0.6) is 0 Å². The van der Waals surface area contributed by atoms with E-state index in [9.17, 15) is 0 Å². The Kier molecular flexibility index (Phi) is 25.3. The summed E-state index contributed by atoms with van der Waals surface area (Å²) in [5.74, 6) is 6.17. The molecule has 3 nitrogen and oxygen atoms in total. The van der Waals surface area contributed by atoms with Gasteiger partial charge >= 0.3 is 0 Å². The van der Waals surface area contributed by atoms with Crippen LogP contribution in [0.4, 0.5) is 0 Å². The van der Waals surface area contributed by atoms with Gasteiger partial charge in [0.1, 0.15) is 8.07 Å². The lowest BCUT2D eigenvalue weighted by Crippen LogP contribution is -2.44. The van der Waals surface area contributed by atoms with Gasteiger partial charge in [-0.15, -0.1) is 23.8 Å². The molecule has 42 heavy (non-hydrogen) atoms. The molecule has 0 spiro atoms. The maximum absolute atomic E-state index is 7.00. The summed E-state index contributed by atoms with van der Waals surface area (Å²) in [7, 11) is -3.54. The smallest absolute Gasteiger partial charge is 0.192 e. The second-order valence-corrected chi connectivity index (χ2v) is 30.1. The third-order valence-corrected chi connectivity index (χ3v) is 18.5. The molecule has 2 atom stereocenters. The van der Waals surface area contributed by atoms with Crippen LogP contribution in [0.15, 0.2) is 0 Å². The Labute approximate surface area is 269 Å². The molecule has 1 N–H and O–H groups in total. The lowest BCUT2D eigenvalue weighted by Gasteiger charge is -2.39. The van der Waals surface area contributed by atoms with Gasteiger partial charge in [0.25, 0.3) is 0 Å². The first kappa shape index (κ1) is 46.1. The number of hydrogen-bond donors (Lipinski definition) is 1. The Morgan fingerprint density at radius 1 is 0.619 bits per heavy atom. The van der Waals surface area contributed by atoms with Crippen molar-refractivity contribution in [2.75, 3.05) is 7.11 Å². The molecular formula is C36H76O3Si3. The number of rotatable bonds is 16. The molecule has 0 aliphatic rings. The number of terminal acetylenes is 1. The van der Waals surface area contributed by atoms with E-state index < -0.39 is 24.7 Å². The maximum Gasteiger partial charge on any atom is 0.192 e. The zero-order valence-corrected chi connectivity index (χ0v) is 34.5. The minimum absolute atomic E-state index is 0.284. The molecule has 6 heteroatoms. The normalized spacial score (nSPS) is 13.8. The molecule has 0 aromatic heterocycles. The molecule has 0 aromatic rings. The maximum atomic E-state index is 7.00. The van der Waals surface area contributed by atoms with Crippen LogP contribution in [0.25, 0.3) is 0 Å². The number of unbranched alkanes of at least 4 members (excludes halogenated alkanes) is 4. The number of aliphatic hydroxyl groups excluding tert-OH is 1. The Morgan fingerprint density at radius 3 is 1.26 bits per heavy atom.